The van der Waals surface area contributed by atoms with Crippen LogP contribution < -0.4 is 10.6 Å². The van der Waals surface area contributed by atoms with Gasteiger partial charge in [-0.2, -0.15) is 0 Å². The average Bonchev–Trinajstić information content (AvgIpc) is 3.26. The minimum atomic E-state index is 0.105. The normalized spacial score (nSPS) is 17.1. The van der Waals surface area contributed by atoms with Crippen LogP contribution in [-0.2, 0) is 24.3 Å². The fourth-order valence-corrected chi connectivity index (χ4v) is 3.21. The Labute approximate surface area is 143 Å². The predicted molar refractivity (Wildman–Crippen MR) is 94.5 cm³/mol. The molecule has 128 valence electrons. The van der Waals surface area contributed by atoms with E-state index in [1.165, 1.54) is 12.0 Å². The van der Waals surface area contributed by atoms with E-state index in [1.54, 1.807) is 0 Å². The average molecular weight is 326 g/mol. The van der Waals surface area contributed by atoms with E-state index >= 15 is 0 Å². The number of carbonyl (C=O) groups is 1. The van der Waals surface area contributed by atoms with Crippen LogP contribution in [0.15, 0.2) is 42.7 Å². The Morgan fingerprint density at radius 2 is 2.21 bits per heavy atom. The van der Waals surface area contributed by atoms with Crippen LogP contribution in [0, 0.1) is 0 Å². The largest absolute Gasteiger partial charge is 0.349 e. The van der Waals surface area contributed by atoms with Gasteiger partial charge in [-0.3, -0.25) is 4.79 Å². The topological polar surface area (TPSA) is 59.0 Å². The van der Waals surface area contributed by atoms with E-state index in [0.29, 0.717) is 19.0 Å². The van der Waals surface area contributed by atoms with Crippen molar-refractivity contribution in [3.8, 4) is 0 Å². The van der Waals surface area contributed by atoms with Crippen LogP contribution in [0.5, 0.6) is 0 Å². The van der Waals surface area contributed by atoms with E-state index in [0.717, 1.165) is 38.2 Å². The maximum atomic E-state index is 12.0. The molecule has 2 N–H and O–H groups in total. The number of amides is 1. The molecule has 0 aliphatic carbocycles. The zero-order valence-electron chi connectivity index (χ0n) is 14.1. The van der Waals surface area contributed by atoms with Gasteiger partial charge in [0.05, 0.1) is 6.54 Å². The molecule has 1 aromatic carbocycles. The quantitative estimate of drug-likeness (QED) is 0.782. The zero-order valence-corrected chi connectivity index (χ0v) is 14.1. The number of imidazole rings is 1. The molecule has 1 aliphatic rings. The molecule has 2 heterocycles. The monoisotopic (exact) mass is 326 g/mol. The second-order valence-corrected chi connectivity index (χ2v) is 6.40. The Balaban J connectivity index is 1.42. The Bertz CT molecular complexity index is 632. The molecule has 1 amide bonds. The number of nitrogens with one attached hydrogen (secondary N) is 2. The van der Waals surface area contributed by atoms with Crippen molar-refractivity contribution < 1.29 is 4.79 Å². The maximum absolute atomic E-state index is 12.0. The molecular weight excluding hydrogens is 300 g/mol. The molecule has 1 atom stereocenters. The van der Waals surface area contributed by atoms with Crippen LogP contribution in [-0.4, -0.2) is 28.0 Å². The molecule has 1 unspecified atom stereocenters. The van der Waals surface area contributed by atoms with Crippen LogP contribution in [0.4, 0.5) is 0 Å². The molecule has 1 aliphatic heterocycles. The third kappa shape index (κ3) is 4.93. The predicted octanol–water partition coefficient (Wildman–Crippen LogP) is 2.27. The summed E-state index contributed by atoms with van der Waals surface area (Å²) < 4.78 is 2.14. The van der Waals surface area contributed by atoms with Crippen LogP contribution in [0.25, 0.3) is 0 Å². The highest BCUT2D eigenvalue weighted by Crippen LogP contribution is 2.09. The van der Waals surface area contributed by atoms with Crippen molar-refractivity contribution >= 4 is 5.91 Å². The molecule has 0 saturated carbocycles. The summed E-state index contributed by atoms with van der Waals surface area (Å²) in [5, 5.41) is 6.35. The second kappa shape index (κ2) is 8.64. The number of aromatic nitrogens is 2. The smallest absolute Gasteiger partial charge is 0.221 e. The highest BCUT2D eigenvalue weighted by atomic mass is 16.1. The van der Waals surface area contributed by atoms with Crippen LogP contribution in [0.3, 0.4) is 0 Å². The van der Waals surface area contributed by atoms with Gasteiger partial charge >= 0.3 is 0 Å². The Morgan fingerprint density at radius 1 is 1.33 bits per heavy atom. The van der Waals surface area contributed by atoms with E-state index in [-0.39, 0.29) is 5.91 Å². The summed E-state index contributed by atoms with van der Waals surface area (Å²) in [6, 6.07) is 10.9. The Morgan fingerprint density at radius 3 is 3.00 bits per heavy atom. The lowest BCUT2D eigenvalue weighted by Gasteiger charge is -2.11. The molecular formula is C19H26N4O. The van der Waals surface area contributed by atoms with Gasteiger partial charge in [-0.15, -0.1) is 0 Å². The number of aryl methyl sites for hydroxylation is 2. The summed E-state index contributed by atoms with van der Waals surface area (Å²) in [5.41, 5.74) is 1.36. The van der Waals surface area contributed by atoms with Gasteiger partial charge in [-0.25, -0.2) is 4.98 Å². The summed E-state index contributed by atoms with van der Waals surface area (Å²) in [5.74, 6) is 1.03. The van der Waals surface area contributed by atoms with Crippen molar-refractivity contribution in [2.24, 2.45) is 0 Å². The van der Waals surface area contributed by atoms with E-state index in [4.69, 9.17) is 0 Å². The first-order chi connectivity index (χ1) is 11.8. The highest BCUT2D eigenvalue weighted by molar-refractivity contribution is 5.76. The van der Waals surface area contributed by atoms with E-state index < -0.39 is 0 Å². The van der Waals surface area contributed by atoms with Crippen molar-refractivity contribution in [2.75, 3.05) is 6.54 Å². The van der Waals surface area contributed by atoms with E-state index in [1.807, 2.05) is 18.5 Å². The van der Waals surface area contributed by atoms with Gasteiger partial charge in [-0.05, 0) is 37.8 Å². The van der Waals surface area contributed by atoms with Crippen LogP contribution >= 0.6 is 0 Å². The van der Waals surface area contributed by atoms with Crippen molar-refractivity contribution in [1.82, 2.24) is 20.2 Å². The van der Waals surface area contributed by atoms with Crippen molar-refractivity contribution in [1.29, 1.82) is 0 Å². The molecule has 1 saturated heterocycles. The van der Waals surface area contributed by atoms with Gasteiger partial charge in [-0.1, -0.05) is 30.3 Å². The molecule has 3 rings (SSSR count). The van der Waals surface area contributed by atoms with Crippen molar-refractivity contribution in [2.45, 2.75) is 51.2 Å². The van der Waals surface area contributed by atoms with Crippen LogP contribution in [0.1, 0.15) is 37.1 Å². The number of hydrogen-bond acceptors (Lipinski definition) is 3. The molecule has 5 heteroatoms. The minimum Gasteiger partial charge on any atom is -0.349 e. The summed E-state index contributed by atoms with van der Waals surface area (Å²) in [6.45, 7) is 2.46. The molecule has 1 fully saturated rings. The van der Waals surface area contributed by atoms with Crippen molar-refractivity contribution in [3.05, 3.63) is 54.1 Å². The zero-order chi connectivity index (χ0) is 16.6. The van der Waals surface area contributed by atoms with Gasteiger partial charge in [0.1, 0.15) is 5.82 Å². The van der Waals surface area contributed by atoms with Gasteiger partial charge in [0, 0.05) is 31.4 Å². The van der Waals surface area contributed by atoms with Gasteiger partial charge < -0.3 is 15.2 Å². The first-order valence-corrected chi connectivity index (χ1v) is 8.85. The van der Waals surface area contributed by atoms with Gasteiger partial charge in [0.25, 0.3) is 0 Å². The molecule has 5 nitrogen and oxygen atoms in total. The molecule has 0 bridgehead atoms. The summed E-state index contributed by atoms with van der Waals surface area (Å²) in [6.07, 6.45) is 8.75. The SMILES string of the molecule is O=C(CC1CCCN1)NCc1nccn1CCCc1ccccc1. The van der Waals surface area contributed by atoms with E-state index in [9.17, 15) is 4.79 Å². The van der Waals surface area contributed by atoms with Crippen molar-refractivity contribution in [3.63, 3.8) is 0 Å². The number of hydrogen-bond donors (Lipinski definition) is 2. The summed E-state index contributed by atoms with van der Waals surface area (Å²) >= 11 is 0. The van der Waals surface area contributed by atoms with E-state index in [2.05, 4.69) is 44.5 Å². The Hall–Kier alpha value is -2.14. The number of nitrogens with zero attached hydrogens (tertiary/aromatic N) is 2. The Kier molecular flexibility index (Phi) is 6.01. The lowest BCUT2D eigenvalue weighted by atomic mass is 10.1. The fraction of sp³-hybridized carbons (Fsp3) is 0.474. The summed E-state index contributed by atoms with van der Waals surface area (Å²) in [4.78, 5) is 16.4. The first kappa shape index (κ1) is 16.7. The minimum absolute atomic E-state index is 0.105. The highest BCUT2D eigenvalue weighted by Gasteiger charge is 2.17. The van der Waals surface area contributed by atoms with Gasteiger partial charge in [0.2, 0.25) is 5.91 Å². The molecule has 2 aromatic rings. The second-order valence-electron chi connectivity index (χ2n) is 6.40. The van der Waals surface area contributed by atoms with Crippen LogP contribution in [0.2, 0.25) is 0 Å². The molecule has 0 radical (unpaired) electrons. The number of rotatable bonds is 8. The third-order valence-electron chi connectivity index (χ3n) is 4.55. The third-order valence-corrected chi connectivity index (χ3v) is 4.55. The lowest BCUT2D eigenvalue weighted by molar-refractivity contribution is -0.121. The lowest BCUT2D eigenvalue weighted by Crippen LogP contribution is -2.32. The molecule has 0 spiro atoms. The fourth-order valence-electron chi connectivity index (χ4n) is 3.21. The van der Waals surface area contributed by atoms with Gasteiger partial charge in [0.15, 0.2) is 0 Å². The number of carbonyl (C=O) groups excluding carboxylic acids is 1. The first-order valence-electron chi connectivity index (χ1n) is 8.85. The molecule has 1 aromatic heterocycles. The number of benzene rings is 1. The molecule has 24 heavy (non-hydrogen) atoms. The maximum Gasteiger partial charge on any atom is 0.221 e. The standard InChI is InChI=1S/C19H26N4O/c24-19(14-17-9-4-10-20-17)22-15-18-21-11-13-23(18)12-5-8-16-6-2-1-3-7-16/h1-3,6-7,11,13,17,20H,4-5,8-10,12,14-15H2,(H,22,24). The summed E-state index contributed by atoms with van der Waals surface area (Å²) in [7, 11) is 0.